The van der Waals surface area contributed by atoms with Gasteiger partial charge < -0.3 is 10.0 Å². The number of benzene rings is 2. The number of aliphatic hydroxyl groups is 1. The predicted octanol–water partition coefficient (Wildman–Crippen LogP) is 2.89. The summed E-state index contributed by atoms with van der Waals surface area (Å²) in [5.41, 5.74) is 2.02. The molecule has 3 aromatic rings. The van der Waals surface area contributed by atoms with Gasteiger partial charge in [-0.25, -0.2) is 0 Å². The van der Waals surface area contributed by atoms with Crippen LogP contribution < -0.4 is 5.43 Å². The third-order valence-electron chi connectivity index (χ3n) is 6.03. The van der Waals surface area contributed by atoms with Gasteiger partial charge in [-0.2, -0.15) is 5.10 Å². The molecule has 4 rings (SSSR count). The van der Waals surface area contributed by atoms with Crippen molar-refractivity contribution in [3.05, 3.63) is 99.5 Å². The number of hydrogen-bond acceptors (Lipinski definition) is 4. The Morgan fingerprint density at radius 2 is 1.65 bits per heavy atom. The van der Waals surface area contributed by atoms with Gasteiger partial charge in [-0.15, -0.1) is 0 Å². The second kappa shape index (κ2) is 8.86. The molecular formula is C25H27N3O3. The summed E-state index contributed by atoms with van der Waals surface area (Å²) in [5, 5.41) is 15.7. The fourth-order valence-electron chi connectivity index (χ4n) is 4.56. The maximum absolute atomic E-state index is 13.3. The molecule has 160 valence electrons. The molecule has 0 radical (unpaired) electrons. The molecule has 0 spiro atoms. The fraction of sp³-hybridized carbons (Fsp3) is 0.320. The Bertz CT molecular complexity index is 1070. The summed E-state index contributed by atoms with van der Waals surface area (Å²) in [6, 6.07) is 19.3. The van der Waals surface area contributed by atoms with Gasteiger partial charge in [0.25, 0.3) is 5.91 Å². The Kier molecular flexibility index (Phi) is 6.00. The Balaban J connectivity index is 1.70. The van der Waals surface area contributed by atoms with E-state index in [4.69, 9.17) is 0 Å². The largest absolute Gasteiger partial charge is 0.390 e. The zero-order valence-electron chi connectivity index (χ0n) is 17.8. The van der Waals surface area contributed by atoms with Crippen LogP contribution >= 0.6 is 0 Å². The van der Waals surface area contributed by atoms with Gasteiger partial charge in [-0.3, -0.25) is 14.3 Å². The SMILES string of the molecule is Cc1cn(C)nc(C(=O)N2CCC[C@@H]2[C@H](O)C(c2ccccc2)c2ccccc2)c1=O. The zero-order chi connectivity index (χ0) is 22.0. The number of carbonyl (C=O) groups excluding carboxylic acids is 1. The minimum atomic E-state index is -0.815. The molecule has 0 saturated carbocycles. The molecule has 0 aliphatic carbocycles. The van der Waals surface area contributed by atoms with Gasteiger partial charge in [0, 0.05) is 31.3 Å². The lowest BCUT2D eigenvalue weighted by Gasteiger charge is -2.34. The van der Waals surface area contributed by atoms with Crippen molar-refractivity contribution < 1.29 is 9.90 Å². The minimum absolute atomic E-state index is 0.0856. The van der Waals surface area contributed by atoms with Crippen LogP contribution in [-0.4, -0.2) is 44.4 Å². The molecule has 6 heteroatoms. The van der Waals surface area contributed by atoms with E-state index in [1.807, 2.05) is 60.7 Å². The molecule has 1 fully saturated rings. The molecule has 0 unspecified atom stereocenters. The maximum Gasteiger partial charge on any atom is 0.278 e. The van der Waals surface area contributed by atoms with Gasteiger partial charge in [-0.05, 0) is 30.9 Å². The summed E-state index contributed by atoms with van der Waals surface area (Å²) in [7, 11) is 1.69. The van der Waals surface area contributed by atoms with Crippen molar-refractivity contribution in [2.45, 2.75) is 37.8 Å². The van der Waals surface area contributed by atoms with Crippen LogP contribution in [0.3, 0.4) is 0 Å². The summed E-state index contributed by atoms with van der Waals surface area (Å²) in [5.74, 6) is -0.695. The van der Waals surface area contributed by atoms with Crippen LogP contribution in [0.15, 0.2) is 71.7 Å². The molecule has 1 aliphatic heterocycles. The number of amides is 1. The molecular weight excluding hydrogens is 390 g/mol. The van der Waals surface area contributed by atoms with Gasteiger partial charge in [0.05, 0.1) is 12.1 Å². The highest BCUT2D eigenvalue weighted by atomic mass is 16.3. The first-order chi connectivity index (χ1) is 15.0. The van der Waals surface area contributed by atoms with E-state index in [1.165, 1.54) is 4.68 Å². The maximum atomic E-state index is 13.3. The Labute approximate surface area is 181 Å². The first-order valence-corrected chi connectivity index (χ1v) is 10.6. The van der Waals surface area contributed by atoms with Crippen molar-refractivity contribution in [3.63, 3.8) is 0 Å². The zero-order valence-corrected chi connectivity index (χ0v) is 17.8. The number of aryl methyl sites for hydroxylation is 2. The molecule has 1 aromatic heterocycles. The van der Waals surface area contributed by atoms with Gasteiger partial charge >= 0.3 is 0 Å². The summed E-state index contributed by atoms with van der Waals surface area (Å²) in [6.07, 6.45) is 2.24. The first-order valence-electron chi connectivity index (χ1n) is 10.6. The summed E-state index contributed by atoms with van der Waals surface area (Å²) < 4.78 is 1.49. The van der Waals surface area contributed by atoms with E-state index >= 15 is 0 Å². The van der Waals surface area contributed by atoms with Crippen LogP contribution in [0.5, 0.6) is 0 Å². The normalized spacial score (nSPS) is 17.2. The third-order valence-corrected chi connectivity index (χ3v) is 6.03. The van der Waals surface area contributed by atoms with E-state index in [0.29, 0.717) is 18.5 Å². The van der Waals surface area contributed by atoms with Crippen LogP contribution in [0.2, 0.25) is 0 Å². The second-order valence-corrected chi connectivity index (χ2v) is 8.16. The molecule has 1 aliphatic rings. The number of likely N-dealkylation sites (tertiary alicyclic amines) is 1. The van der Waals surface area contributed by atoms with Crippen molar-refractivity contribution in [1.29, 1.82) is 0 Å². The van der Waals surface area contributed by atoms with Gasteiger partial charge in [0.15, 0.2) is 5.69 Å². The number of rotatable bonds is 5. The van der Waals surface area contributed by atoms with Gasteiger partial charge in [0.2, 0.25) is 5.43 Å². The summed E-state index contributed by atoms with van der Waals surface area (Å²) in [4.78, 5) is 27.5. The first kappa shape index (κ1) is 21.0. The lowest BCUT2D eigenvalue weighted by atomic mass is 9.83. The standard InChI is InChI=1S/C25H27N3O3/c1-17-16-27(2)26-22(23(17)29)25(31)28-15-9-14-20(28)24(30)21(18-10-5-3-6-11-18)19-12-7-4-8-13-19/h3-8,10-13,16,20-21,24,30H,9,14-15H2,1-2H3/t20-,24+/m1/s1. The highest BCUT2D eigenvalue weighted by Gasteiger charge is 2.40. The van der Waals surface area contributed by atoms with Crippen LogP contribution in [-0.2, 0) is 7.05 Å². The van der Waals surface area contributed by atoms with Crippen LogP contribution in [0.4, 0.5) is 0 Å². The van der Waals surface area contributed by atoms with E-state index in [2.05, 4.69) is 5.10 Å². The van der Waals surface area contributed by atoms with E-state index in [9.17, 15) is 14.7 Å². The number of aromatic nitrogens is 2. The van der Waals surface area contributed by atoms with E-state index < -0.39 is 18.1 Å². The second-order valence-electron chi connectivity index (χ2n) is 8.16. The van der Waals surface area contributed by atoms with Crippen molar-refractivity contribution in [1.82, 2.24) is 14.7 Å². The quantitative estimate of drug-likeness (QED) is 0.693. The predicted molar refractivity (Wildman–Crippen MR) is 119 cm³/mol. The van der Waals surface area contributed by atoms with E-state index in [0.717, 1.165) is 17.5 Å². The monoisotopic (exact) mass is 417 g/mol. The molecule has 2 atom stereocenters. The van der Waals surface area contributed by atoms with Crippen molar-refractivity contribution in [2.75, 3.05) is 6.54 Å². The lowest BCUT2D eigenvalue weighted by molar-refractivity contribution is 0.0430. The van der Waals surface area contributed by atoms with Crippen LogP contribution in [0.25, 0.3) is 0 Å². The molecule has 1 N–H and O–H groups in total. The molecule has 2 aromatic carbocycles. The van der Waals surface area contributed by atoms with Crippen molar-refractivity contribution >= 4 is 5.91 Å². The molecule has 0 bridgehead atoms. The lowest BCUT2D eigenvalue weighted by Crippen LogP contribution is -2.47. The van der Waals surface area contributed by atoms with E-state index in [-0.39, 0.29) is 17.0 Å². The Hall–Kier alpha value is -3.25. The highest BCUT2D eigenvalue weighted by molar-refractivity contribution is 5.92. The van der Waals surface area contributed by atoms with Crippen LogP contribution in [0.1, 0.15) is 45.9 Å². The number of hydrogen-bond donors (Lipinski definition) is 1. The minimum Gasteiger partial charge on any atom is -0.390 e. The Morgan fingerprint density at radius 1 is 1.06 bits per heavy atom. The number of carbonyl (C=O) groups is 1. The molecule has 31 heavy (non-hydrogen) atoms. The molecule has 1 amide bonds. The fourth-order valence-corrected chi connectivity index (χ4v) is 4.56. The van der Waals surface area contributed by atoms with Crippen LogP contribution in [0, 0.1) is 6.92 Å². The molecule has 1 saturated heterocycles. The topological polar surface area (TPSA) is 75.4 Å². The van der Waals surface area contributed by atoms with Crippen molar-refractivity contribution in [3.8, 4) is 0 Å². The average molecular weight is 418 g/mol. The molecule has 6 nitrogen and oxygen atoms in total. The third kappa shape index (κ3) is 4.16. The van der Waals surface area contributed by atoms with Gasteiger partial charge in [-0.1, -0.05) is 60.7 Å². The summed E-state index contributed by atoms with van der Waals surface area (Å²) >= 11 is 0. The number of aliphatic hydroxyl groups excluding tert-OH is 1. The average Bonchev–Trinajstić information content (AvgIpc) is 3.27. The van der Waals surface area contributed by atoms with Crippen molar-refractivity contribution in [2.24, 2.45) is 7.05 Å². The summed E-state index contributed by atoms with van der Waals surface area (Å²) in [6.45, 7) is 2.17. The smallest absolute Gasteiger partial charge is 0.278 e. The molecule has 2 heterocycles. The Morgan fingerprint density at radius 3 is 2.23 bits per heavy atom. The highest BCUT2D eigenvalue weighted by Crippen LogP contribution is 2.34. The van der Waals surface area contributed by atoms with E-state index in [1.54, 1.807) is 25.1 Å². The number of nitrogens with zero attached hydrogens (tertiary/aromatic N) is 3. The van der Waals surface area contributed by atoms with Gasteiger partial charge in [0.1, 0.15) is 0 Å².